The molecule has 0 radical (unpaired) electrons. The molecule has 0 aromatic heterocycles. The summed E-state index contributed by atoms with van der Waals surface area (Å²) < 4.78 is 23.5. The SMILES string of the molecule is CC/C=C\C/C=C\C/C=C\C/C=C\C/C=C\C/C=C\CCCCCCCCCCCCCCCCCCCCC(=O)NC(COP(=O)([O-])OCC[N+](C)(C)C)C(O)CCCCCCCCCCCCCCCCCCCCCC. The third-order valence-electron chi connectivity index (χ3n) is 15.2. The quantitative estimate of drug-likeness (QED) is 0.0272. The lowest BCUT2D eigenvalue weighted by molar-refractivity contribution is -0.870. The Morgan fingerprint density at radius 3 is 1.13 bits per heavy atom. The molecule has 0 aromatic rings. The molecule has 0 rings (SSSR count). The first-order valence-corrected chi connectivity index (χ1v) is 35.2. The van der Waals surface area contributed by atoms with Crippen LogP contribution in [0.15, 0.2) is 72.9 Å². The van der Waals surface area contributed by atoms with Gasteiger partial charge in [0.05, 0.1) is 39.9 Å². The molecular weight excluding hydrogens is 996 g/mol. The Morgan fingerprint density at radius 1 is 0.456 bits per heavy atom. The first kappa shape index (κ1) is 76.9. The molecule has 79 heavy (non-hydrogen) atoms. The third kappa shape index (κ3) is 63.4. The van der Waals surface area contributed by atoms with Crippen LogP contribution in [-0.4, -0.2) is 68.5 Å². The molecule has 0 saturated carbocycles. The van der Waals surface area contributed by atoms with Gasteiger partial charge in [-0.05, 0) is 64.2 Å². The number of phosphoric ester groups is 1. The minimum absolute atomic E-state index is 0.0122. The molecule has 8 nitrogen and oxygen atoms in total. The van der Waals surface area contributed by atoms with Gasteiger partial charge in [0, 0.05) is 6.42 Å². The highest BCUT2D eigenvalue weighted by Gasteiger charge is 2.24. The molecule has 2 N–H and O–H groups in total. The number of rotatable bonds is 62. The molecule has 0 fully saturated rings. The van der Waals surface area contributed by atoms with Crippen molar-refractivity contribution in [3.8, 4) is 0 Å². The number of hydrogen-bond acceptors (Lipinski definition) is 6. The summed E-state index contributed by atoms with van der Waals surface area (Å²) in [6, 6.07) is -0.803. The second-order valence-corrected chi connectivity index (χ2v) is 25.6. The van der Waals surface area contributed by atoms with Crippen molar-refractivity contribution >= 4 is 13.7 Å². The minimum Gasteiger partial charge on any atom is -0.756 e. The fourth-order valence-electron chi connectivity index (χ4n) is 9.99. The average Bonchev–Trinajstić information content (AvgIpc) is 3.42. The Labute approximate surface area is 491 Å². The van der Waals surface area contributed by atoms with Crippen LogP contribution in [0.3, 0.4) is 0 Å². The number of aliphatic hydroxyl groups excluding tert-OH is 1. The summed E-state index contributed by atoms with van der Waals surface area (Å²) in [5.41, 5.74) is 0. The molecule has 0 aliphatic carbocycles. The zero-order chi connectivity index (χ0) is 57.7. The summed E-state index contributed by atoms with van der Waals surface area (Å²) in [7, 11) is 1.31. The predicted molar refractivity (Wildman–Crippen MR) is 344 cm³/mol. The minimum atomic E-state index is -4.58. The highest BCUT2D eigenvalue weighted by atomic mass is 31.2. The number of carbonyl (C=O) groups excluding carboxylic acids is 1. The van der Waals surface area contributed by atoms with E-state index in [0.29, 0.717) is 23.9 Å². The molecule has 3 atom stereocenters. The number of likely N-dealkylation sites (N-methyl/N-ethyl adjacent to an activating group) is 1. The smallest absolute Gasteiger partial charge is 0.268 e. The Balaban J connectivity index is 3.99. The summed E-state index contributed by atoms with van der Waals surface area (Å²) >= 11 is 0. The van der Waals surface area contributed by atoms with Gasteiger partial charge in [-0.15, -0.1) is 0 Å². The molecule has 9 heteroatoms. The number of aliphatic hydroxyl groups is 1. The van der Waals surface area contributed by atoms with E-state index in [1.165, 1.54) is 212 Å². The van der Waals surface area contributed by atoms with Gasteiger partial charge in [0.25, 0.3) is 7.82 Å². The lowest BCUT2D eigenvalue weighted by atomic mass is 10.0. The van der Waals surface area contributed by atoms with Crippen LogP contribution in [0.2, 0.25) is 0 Å². The fraction of sp³-hybridized carbons (Fsp3) is 0.814. The van der Waals surface area contributed by atoms with E-state index in [2.05, 4.69) is 92.1 Å². The van der Waals surface area contributed by atoms with E-state index in [4.69, 9.17) is 9.05 Å². The molecule has 0 saturated heterocycles. The zero-order valence-electron chi connectivity index (χ0n) is 52.8. The second-order valence-electron chi connectivity index (χ2n) is 24.2. The van der Waals surface area contributed by atoms with Gasteiger partial charge in [-0.2, -0.15) is 0 Å². The summed E-state index contributed by atoms with van der Waals surface area (Å²) in [4.78, 5) is 25.6. The molecule has 0 aromatic carbocycles. The molecule has 0 heterocycles. The standard InChI is InChI=1S/C70H131N2O6P/c1-6-8-10-12-14-16-18-20-22-24-26-28-29-30-31-32-33-34-35-36-37-38-39-40-41-42-43-44-46-48-50-52-54-56-58-60-62-64-70(74)71-68(67-78-79(75,76)77-66-65-72(3,4)5)69(73)63-61-59-57-55-53-51-49-47-45-27-25-23-21-19-17-15-13-11-9-7-2/h8,10,14,16,20,22,26,28,30-31,33-34,68-69,73H,6-7,9,11-13,15,17-19,21,23-25,27,29,32,35-67H2,1-5H3,(H-,71,74,75,76)/b10-8-,16-14-,22-20-,28-26-,31-30-,34-33-. The van der Waals surface area contributed by atoms with Crippen molar-refractivity contribution in [2.45, 2.75) is 328 Å². The van der Waals surface area contributed by atoms with Crippen LogP contribution in [0, 0.1) is 0 Å². The summed E-state index contributed by atoms with van der Waals surface area (Å²) in [5.74, 6) is -0.161. The number of nitrogens with zero attached hydrogens (tertiary/aromatic N) is 1. The first-order valence-electron chi connectivity index (χ1n) is 33.8. The van der Waals surface area contributed by atoms with Crippen LogP contribution in [-0.2, 0) is 18.4 Å². The van der Waals surface area contributed by atoms with Crippen molar-refractivity contribution in [3.05, 3.63) is 72.9 Å². The molecule has 0 bridgehead atoms. The van der Waals surface area contributed by atoms with Crippen LogP contribution in [0.4, 0.5) is 0 Å². The van der Waals surface area contributed by atoms with Crippen molar-refractivity contribution in [1.82, 2.24) is 5.32 Å². The topological polar surface area (TPSA) is 108 Å². The number of hydrogen-bond donors (Lipinski definition) is 2. The van der Waals surface area contributed by atoms with E-state index in [1.807, 2.05) is 21.1 Å². The van der Waals surface area contributed by atoms with E-state index in [0.717, 1.165) is 77.0 Å². The summed E-state index contributed by atoms with van der Waals surface area (Å²) in [6.07, 6.45) is 83.9. The van der Waals surface area contributed by atoms with Gasteiger partial charge in [0.15, 0.2) is 0 Å². The maximum atomic E-state index is 13.0. The number of nitrogens with one attached hydrogen (secondary N) is 1. The van der Waals surface area contributed by atoms with Gasteiger partial charge in [0.1, 0.15) is 13.2 Å². The summed E-state index contributed by atoms with van der Waals surface area (Å²) in [5, 5.41) is 14.1. The van der Waals surface area contributed by atoms with Gasteiger partial charge < -0.3 is 28.8 Å². The van der Waals surface area contributed by atoms with Crippen molar-refractivity contribution in [3.63, 3.8) is 0 Å². The van der Waals surface area contributed by atoms with Crippen LogP contribution >= 0.6 is 7.82 Å². The highest BCUT2D eigenvalue weighted by molar-refractivity contribution is 7.45. The van der Waals surface area contributed by atoms with Gasteiger partial charge in [-0.1, -0.05) is 318 Å². The number of amides is 1. The highest BCUT2D eigenvalue weighted by Crippen LogP contribution is 2.38. The van der Waals surface area contributed by atoms with Gasteiger partial charge in [-0.3, -0.25) is 9.36 Å². The van der Waals surface area contributed by atoms with Crippen molar-refractivity contribution in [2.24, 2.45) is 0 Å². The van der Waals surface area contributed by atoms with E-state index >= 15 is 0 Å². The van der Waals surface area contributed by atoms with Crippen molar-refractivity contribution in [2.75, 3.05) is 40.9 Å². The largest absolute Gasteiger partial charge is 0.756 e. The number of unbranched alkanes of at least 4 members (excludes halogenated alkanes) is 37. The Kier molecular flexibility index (Phi) is 59.0. The number of allylic oxidation sites excluding steroid dienone is 12. The fourth-order valence-corrected chi connectivity index (χ4v) is 10.7. The maximum Gasteiger partial charge on any atom is 0.268 e. The van der Waals surface area contributed by atoms with E-state index < -0.39 is 20.0 Å². The summed E-state index contributed by atoms with van der Waals surface area (Å²) in [6.45, 7) is 4.64. The van der Waals surface area contributed by atoms with E-state index in [9.17, 15) is 19.4 Å². The monoisotopic (exact) mass is 1130 g/mol. The normalized spacial score (nSPS) is 14.2. The van der Waals surface area contributed by atoms with Gasteiger partial charge >= 0.3 is 0 Å². The van der Waals surface area contributed by atoms with Gasteiger partial charge in [0.2, 0.25) is 5.91 Å². The Hall–Kier alpha value is -2.06. The molecule has 462 valence electrons. The number of quaternary nitrogens is 1. The molecule has 0 aliphatic heterocycles. The van der Waals surface area contributed by atoms with Crippen molar-refractivity contribution in [1.29, 1.82) is 0 Å². The predicted octanol–water partition coefficient (Wildman–Crippen LogP) is 20.8. The lowest BCUT2D eigenvalue weighted by Crippen LogP contribution is -2.46. The van der Waals surface area contributed by atoms with Crippen LogP contribution in [0.5, 0.6) is 0 Å². The number of carbonyl (C=O) groups is 1. The van der Waals surface area contributed by atoms with Gasteiger partial charge in [-0.25, -0.2) is 0 Å². The van der Waals surface area contributed by atoms with Crippen LogP contribution in [0.25, 0.3) is 0 Å². The van der Waals surface area contributed by atoms with E-state index in [1.54, 1.807) is 0 Å². The average molecular weight is 1130 g/mol. The van der Waals surface area contributed by atoms with E-state index in [-0.39, 0.29) is 19.1 Å². The Bertz CT molecular complexity index is 1520. The molecule has 3 unspecified atom stereocenters. The van der Waals surface area contributed by atoms with Crippen molar-refractivity contribution < 1.29 is 32.9 Å². The Morgan fingerprint density at radius 2 is 0.772 bits per heavy atom. The molecular formula is C70H131N2O6P. The zero-order valence-corrected chi connectivity index (χ0v) is 53.7. The number of phosphoric acid groups is 1. The molecule has 1 amide bonds. The lowest BCUT2D eigenvalue weighted by Gasteiger charge is -2.30. The van der Waals surface area contributed by atoms with Crippen LogP contribution < -0.4 is 10.2 Å². The third-order valence-corrected chi connectivity index (χ3v) is 16.2. The maximum absolute atomic E-state index is 13.0. The first-order chi connectivity index (χ1) is 38.5. The molecule has 0 spiro atoms. The molecule has 0 aliphatic rings. The second kappa shape index (κ2) is 60.5. The van der Waals surface area contributed by atoms with Crippen LogP contribution in [0.1, 0.15) is 316 Å².